The van der Waals surface area contributed by atoms with Gasteiger partial charge in [-0.2, -0.15) is 9.98 Å². The molecule has 0 aromatic heterocycles. The highest BCUT2D eigenvalue weighted by Crippen LogP contribution is 2.29. The summed E-state index contributed by atoms with van der Waals surface area (Å²) in [7, 11) is 0. The van der Waals surface area contributed by atoms with Gasteiger partial charge < -0.3 is 47.4 Å². The molecule has 4 amide bonds. The van der Waals surface area contributed by atoms with Crippen LogP contribution in [0.5, 0.6) is 0 Å². The number of carbonyl (C=O) groups excluding carboxylic acids is 8. The van der Waals surface area contributed by atoms with Gasteiger partial charge in [0.05, 0.1) is 13.2 Å². The molecule has 2 aliphatic rings. The van der Waals surface area contributed by atoms with Crippen molar-refractivity contribution < 1.29 is 85.7 Å². The van der Waals surface area contributed by atoms with E-state index in [0.29, 0.717) is 6.42 Å². The van der Waals surface area contributed by atoms with Crippen LogP contribution < -0.4 is 10.6 Å². The second kappa shape index (κ2) is 27.6. The third-order valence-electron chi connectivity index (χ3n) is 7.23. The second-order valence-corrected chi connectivity index (χ2v) is 18.0. The number of esters is 2. The Morgan fingerprint density at radius 2 is 0.846 bits per heavy atom. The molecule has 0 radical (unpaired) electrons. The molecule has 2 aliphatic heterocycles. The van der Waals surface area contributed by atoms with Gasteiger partial charge in [0.2, 0.25) is 0 Å². The minimum Gasteiger partial charge on any atom is -0.465 e. The molecule has 2 rings (SSSR count). The highest BCUT2D eigenvalue weighted by atomic mass is 16.7. The number of alkyl carbamates (subject to hydrolysis) is 2. The molecular weight excluding hydrogens is 860 g/mol. The van der Waals surface area contributed by atoms with Crippen molar-refractivity contribution in [1.29, 1.82) is 0 Å². The first-order valence-electron chi connectivity index (χ1n) is 19.3. The lowest BCUT2D eigenvalue weighted by Crippen LogP contribution is -2.46. The maximum atomic E-state index is 12.5. The Labute approximate surface area is 384 Å². The molecule has 2 N–H and O–H groups in total. The van der Waals surface area contributed by atoms with Gasteiger partial charge in [0.1, 0.15) is 71.3 Å². The summed E-state index contributed by atoms with van der Waals surface area (Å²) >= 11 is 0. The largest absolute Gasteiger partial charge is 0.508 e. The first kappa shape index (κ1) is 65.9. The normalized spacial score (nSPS) is 15.5. The lowest BCUT2D eigenvalue weighted by Gasteiger charge is -2.32. The molecule has 0 atom stereocenters. The zero-order valence-electron chi connectivity index (χ0n) is 37.6. The number of rotatable bonds is 9. The Morgan fingerprint density at radius 3 is 1.15 bits per heavy atom. The molecule has 0 bridgehead atoms. The zero-order chi connectivity index (χ0) is 47.0. The Balaban J connectivity index is -0.000000540. The van der Waals surface area contributed by atoms with Crippen molar-refractivity contribution in [3.05, 3.63) is 0 Å². The SMILES string of the molecule is C.C.C.C.CC(C)(C)OC(=O)N=C(CCOC(=O)C1(C)COC(=O)OC1)NC(=O)OC(C)(C)C.CCC1(C(=O)OCCC(=NC(=O)OC(C)(C)C)NC(=O)OC(C)(C)C)COC(=O)OC1. The Morgan fingerprint density at radius 1 is 0.538 bits per heavy atom. The molecule has 2 fully saturated rings. The summed E-state index contributed by atoms with van der Waals surface area (Å²) in [4.78, 5) is 102. The second-order valence-electron chi connectivity index (χ2n) is 18.0. The van der Waals surface area contributed by atoms with Gasteiger partial charge in [-0.25, -0.2) is 28.8 Å². The predicted octanol–water partition coefficient (Wildman–Crippen LogP) is 8.84. The Kier molecular flexibility index (Phi) is 28.0. The minimum absolute atomic E-state index is 0. The van der Waals surface area contributed by atoms with Gasteiger partial charge in [-0.1, -0.05) is 36.6 Å². The van der Waals surface area contributed by atoms with Crippen LogP contribution in [-0.4, -0.2) is 122 Å². The lowest BCUT2D eigenvalue weighted by molar-refractivity contribution is -0.168. The van der Waals surface area contributed by atoms with Gasteiger partial charge in [-0.05, 0) is 96.4 Å². The number of hydrogen-bond acceptors (Lipinski definition) is 18. The molecule has 0 aromatic carbocycles. The van der Waals surface area contributed by atoms with Crippen LogP contribution in [0.4, 0.5) is 28.8 Å². The summed E-state index contributed by atoms with van der Waals surface area (Å²) in [6, 6.07) is 0. The standard InChI is InChI=1S/C20H32N2O9.C19H30N2O9.4CH4/c1-8-20(11-28-17(26)29-12-20)14(23)27-10-9-13(21-15(24)30-18(2,3)4)22-16(25)31-19(5,6)7;1-17(2,3)29-14(23)20-12(21-15(24)30-18(4,5)6)8-9-26-13(22)19(7)10-27-16(25)28-11-19;;;;/h8-12H2,1-7H3,(H,21,22,24,25);8-11H2,1-7H3,(H,20,21,23,24);4*1H4. The number of amides is 4. The number of nitrogens with zero attached hydrogens (tertiary/aromatic N) is 2. The number of carbonyl (C=O) groups is 8. The van der Waals surface area contributed by atoms with Crippen LogP contribution in [0.15, 0.2) is 9.98 Å². The number of amidine groups is 2. The van der Waals surface area contributed by atoms with E-state index in [1.54, 1.807) is 90.0 Å². The van der Waals surface area contributed by atoms with E-state index in [0.717, 1.165) is 0 Å². The predicted molar refractivity (Wildman–Crippen MR) is 240 cm³/mol. The fraction of sp³-hybridized carbons (Fsp3) is 0.767. The van der Waals surface area contributed by atoms with Crippen LogP contribution in [0.2, 0.25) is 0 Å². The van der Waals surface area contributed by atoms with E-state index < -0.39 is 81.9 Å². The van der Waals surface area contributed by atoms with Crippen molar-refractivity contribution in [3.8, 4) is 0 Å². The van der Waals surface area contributed by atoms with Gasteiger partial charge in [0.15, 0.2) is 0 Å². The van der Waals surface area contributed by atoms with Crippen LogP contribution in [0.1, 0.15) is 146 Å². The first-order valence-corrected chi connectivity index (χ1v) is 19.3. The molecule has 378 valence electrons. The number of aliphatic imine (C=N–C) groups is 2. The van der Waals surface area contributed by atoms with Crippen LogP contribution >= 0.6 is 0 Å². The number of hydrogen-bond donors (Lipinski definition) is 2. The maximum absolute atomic E-state index is 12.5. The number of ether oxygens (including phenoxy) is 10. The van der Waals surface area contributed by atoms with E-state index in [1.807, 2.05) is 0 Å². The van der Waals surface area contributed by atoms with E-state index in [2.05, 4.69) is 20.6 Å². The van der Waals surface area contributed by atoms with Crippen molar-refractivity contribution in [2.45, 2.75) is 168 Å². The molecule has 0 aliphatic carbocycles. The van der Waals surface area contributed by atoms with Crippen molar-refractivity contribution in [2.24, 2.45) is 20.8 Å². The van der Waals surface area contributed by atoms with Crippen LogP contribution in [-0.2, 0) is 57.0 Å². The molecule has 22 nitrogen and oxygen atoms in total. The Bertz CT molecular complexity index is 1640. The monoisotopic (exact) mass is 939 g/mol. The average Bonchev–Trinajstić information content (AvgIpc) is 3.06. The third-order valence-corrected chi connectivity index (χ3v) is 7.23. The van der Waals surface area contributed by atoms with E-state index in [9.17, 15) is 38.4 Å². The minimum atomic E-state index is -1.16. The van der Waals surface area contributed by atoms with E-state index >= 15 is 0 Å². The zero-order valence-corrected chi connectivity index (χ0v) is 37.6. The molecule has 0 spiro atoms. The van der Waals surface area contributed by atoms with E-state index in [4.69, 9.17) is 47.4 Å². The van der Waals surface area contributed by atoms with Crippen LogP contribution in [0.3, 0.4) is 0 Å². The van der Waals surface area contributed by atoms with Crippen molar-refractivity contribution in [1.82, 2.24) is 10.6 Å². The van der Waals surface area contributed by atoms with Gasteiger partial charge in [-0.15, -0.1) is 0 Å². The summed E-state index contributed by atoms with van der Waals surface area (Å²) in [6.07, 6.45) is -5.03. The number of nitrogens with one attached hydrogen (secondary N) is 2. The smallest absolute Gasteiger partial charge is 0.465 e. The fourth-order valence-corrected chi connectivity index (χ4v) is 4.31. The quantitative estimate of drug-likeness (QED) is 0.0944. The molecule has 22 heteroatoms. The summed E-state index contributed by atoms with van der Waals surface area (Å²) < 4.78 is 50.1. The average molecular weight is 939 g/mol. The summed E-state index contributed by atoms with van der Waals surface area (Å²) in [5.74, 6) is -1.48. The van der Waals surface area contributed by atoms with E-state index in [-0.39, 0.29) is 93.9 Å². The molecule has 2 heterocycles. The van der Waals surface area contributed by atoms with Crippen LogP contribution in [0.25, 0.3) is 0 Å². The van der Waals surface area contributed by atoms with Crippen molar-refractivity contribution in [2.75, 3.05) is 39.6 Å². The first-order chi connectivity index (χ1) is 27.8. The molecule has 0 unspecified atom stereocenters. The highest BCUT2D eigenvalue weighted by Gasteiger charge is 2.45. The molecule has 0 saturated carbocycles. The van der Waals surface area contributed by atoms with Gasteiger partial charge in [0, 0.05) is 12.8 Å². The summed E-state index contributed by atoms with van der Waals surface area (Å²) in [6.45, 7) is 22.3. The fourth-order valence-electron chi connectivity index (χ4n) is 4.31. The van der Waals surface area contributed by atoms with Gasteiger partial charge >= 0.3 is 48.6 Å². The third kappa shape index (κ3) is 28.0. The maximum Gasteiger partial charge on any atom is 0.508 e. The van der Waals surface area contributed by atoms with E-state index in [1.165, 1.54) is 6.92 Å². The van der Waals surface area contributed by atoms with Gasteiger partial charge in [-0.3, -0.25) is 20.2 Å². The Hall–Kier alpha value is -5.70. The molecule has 65 heavy (non-hydrogen) atoms. The molecule has 2 saturated heterocycles. The molecular formula is C43H78N4O18. The molecule has 0 aromatic rings. The van der Waals surface area contributed by atoms with Crippen LogP contribution in [0, 0.1) is 10.8 Å². The van der Waals surface area contributed by atoms with Crippen molar-refractivity contribution >= 4 is 60.3 Å². The highest BCUT2D eigenvalue weighted by molar-refractivity contribution is 6.01. The summed E-state index contributed by atoms with van der Waals surface area (Å²) in [5, 5.41) is 4.74. The summed E-state index contributed by atoms with van der Waals surface area (Å²) in [5.41, 5.74) is -5.36. The topological polar surface area (TPSA) is 278 Å². The van der Waals surface area contributed by atoms with Gasteiger partial charge in [0.25, 0.3) is 0 Å². The van der Waals surface area contributed by atoms with Crippen molar-refractivity contribution in [3.63, 3.8) is 0 Å². The number of cyclic esters (lactones) is 4. The lowest BCUT2D eigenvalue weighted by atomic mass is 9.86.